The van der Waals surface area contributed by atoms with E-state index in [9.17, 15) is 9.59 Å². The molecule has 2 rings (SSSR count). The molecule has 0 saturated heterocycles. The van der Waals surface area contributed by atoms with Crippen LogP contribution in [-0.4, -0.2) is 16.8 Å². The number of hydrogen-bond acceptors (Lipinski definition) is 4. The Bertz CT molecular complexity index is 605. The molecule has 0 atom stereocenters. The first-order valence-corrected chi connectivity index (χ1v) is 6.53. The van der Waals surface area contributed by atoms with Gasteiger partial charge in [-0.15, -0.1) is 11.3 Å². The Labute approximate surface area is 114 Å². The van der Waals surface area contributed by atoms with Crippen LogP contribution in [-0.2, 0) is 9.59 Å². The lowest BCUT2D eigenvalue weighted by Gasteiger charge is -2.02. The number of anilines is 2. The first-order valence-electron chi connectivity index (χ1n) is 5.66. The molecule has 0 radical (unpaired) electrons. The van der Waals surface area contributed by atoms with Crippen LogP contribution in [0.5, 0.6) is 0 Å². The zero-order chi connectivity index (χ0) is 13.8. The Morgan fingerprint density at radius 2 is 1.68 bits per heavy atom. The number of amides is 2. The SMILES string of the molecule is CC(=O)Nc1ccc(-c2csc(NC(C)=O)n2)cc1. The summed E-state index contributed by atoms with van der Waals surface area (Å²) in [7, 11) is 0. The number of nitrogens with zero attached hydrogens (tertiary/aromatic N) is 1. The maximum atomic E-state index is 10.9. The highest BCUT2D eigenvalue weighted by Crippen LogP contribution is 2.25. The van der Waals surface area contributed by atoms with Gasteiger partial charge in [0, 0.05) is 30.5 Å². The molecule has 5 nitrogen and oxygen atoms in total. The van der Waals surface area contributed by atoms with Crippen molar-refractivity contribution in [1.82, 2.24) is 4.98 Å². The van der Waals surface area contributed by atoms with Gasteiger partial charge in [0.05, 0.1) is 5.69 Å². The molecule has 1 aromatic carbocycles. The van der Waals surface area contributed by atoms with E-state index in [4.69, 9.17) is 0 Å². The van der Waals surface area contributed by atoms with E-state index in [1.165, 1.54) is 25.2 Å². The van der Waals surface area contributed by atoms with Gasteiger partial charge in [-0.1, -0.05) is 12.1 Å². The van der Waals surface area contributed by atoms with Crippen LogP contribution in [0, 0.1) is 0 Å². The molecule has 0 unspecified atom stereocenters. The van der Waals surface area contributed by atoms with Gasteiger partial charge in [-0.2, -0.15) is 0 Å². The third-order valence-corrected chi connectivity index (χ3v) is 3.05. The molecular formula is C13H13N3O2S. The van der Waals surface area contributed by atoms with E-state index in [1.807, 2.05) is 29.6 Å². The molecule has 0 saturated carbocycles. The number of carbonyl (C=O) groups is 2. The topological polar surface area (TPSA) is 71.1 Å². The van der Waals surface area contributed by atoms with Gasteiger partial charge in [0.15, 0.2) is 5.13 Å². The summed E-state index contributed by atoms with van der Waals surface area (Å²) in [5.74, 6) is -0.240. The van der Waals surface area contributed by atoms with E-state index >= 15 is 0 Å². The fraction of sp³-hybridized carbons (Fsp3) is 0.154. The van der Waals surface area contributed by atoms with E-state index in [2.05, 4.69) is 15.6 Å². The smallest absolute Gasteiger partial charge is 0.223 e. The molecule has 0 fully saturated rings. The van der Waals surface area contributed by atoms with Crippen molar-refractivity contribution in [3.63, 3.8) is 0 Å². The Hall–Kier alpha value is -2.21. The van der Waals surface area contributed by atoms with Crippen molar-refractivity contribution in [2.45, 2.75) is 13.8 Å². The van der Waals surface area contributed by atoms with Crippen molar-refractivity contribution in [1.29, 1.82) is 0 Å². The van der Waals surface area contributed by atoms with Gasteiger partial charge in [-0.05, 0) is 12.1 Å². The number of hydrogen-bond donors (Lipinski definition) is 2. The van der Waals surface area contributed by atoms with E-state index in [1.54, 1.807) is 0 Å². The zero-order valence-corrected chi connectivity index (χ0v) is 11.4. The van der Waals surface area contributed by atoms with Gasteiger partial charge in [0.25, 0.3) is 0 Å². The lowest BCUT2D eigenvalue weighted by atomic mass is 10.1. The first-order chi connectivity index (χ1) is 9.04. The van der Waals surface area contributed by atoms with Crippen molar-refractivity contribution in [3.8, 4) is 11.3 Å². The molecule has 1 aromatic heterocycles. The Morgan fingerprint density at radius 1 is 1.05 bits per heavy atom. The molecule has 0 spiro atoms. The van der Waals surface area contributed by atoms with E-state index in [-0.39, 0.29) is 11.8 Å². The first kappa shape index (κ1) is 13.2. The predicted molar refractivity (Wildman–Crippen MR) is 76.2 cm³/mol. The van der Waals surface area contributed by atoms with Crippen molar-refractivity contribution < 1.29 is 9.59 Å². The van der Waals surface area contributed by atoms with Crippen LogP contribution < -0.4 is 10.6 Å². The lowest BCUT2D eigenvalue weighted by molar-refractivity contribution is -0.115. The highest BCUT2D eigenvalue weighted by atomic mass is 32.1. The summed E-state index contributed by atoms with van der Waals surface area (Å²) in [6.07, 6.45) is 0. The minimum Gasteiger partial charge on any atom is -0.326 e. The highest BCUT2D eigenvalue weighted by molar-refractivity contribution is 7.14. The number of rotatable bonds is 3. The summed E-state index contributed by atoms with van der Waals surface area (Å²) in [4.78, 5) is 26.1. The standard InChI is InChI=1S/C13H13N3O2S/c1-8(17)14-11-5-3-10(4-6-11)12-7-19-13(16-12)15-9(2)18/h3-7H,1-2H3,(H,14,17)(H,15,16,18). The predicted octanol–water partition coefficient (Wildman–Crippen LogP) is 2.73. The molecular weight excluding hydrogens is 262 g/mol. The maximum Gasteiger partial charge on any atom is 0.223 e. The minimum atomic E-state index is -0.137. The molecule has 0 aliphatic heterocycles. The molecule has 2 N–H and O–H groups in total. The number of nitrogens with one attached hydrogen (secondary N) is 2. The third kappa shape index (κ3) is 3.62. The van der Waals surface area contributed by atoms with Crippen LogP contribution in [0.3, 0.4) is 0 Å². The van der Waals surface area contributed by atoms with Crippen LogP contribution in [0.25, 0.3) is 11.3 Å². The molecule has 1 heterocycles. The van der Waals surface area contributed by atoms with Crippen LogP contribution in [0.1, 0.15) is 13.8 Å². The third-order valence-electron chi connectivity index (χ3n) is 2.29. The Kier molecular flexibility index (Phi) is 3.91. The van der Waals surface area contributed by atoms with E-state index in [0.717, 1.165) is 16.9 Å². The average Bonchev–Trinajstić information content (AvgIpc) is 2.76. The molecule has 98 valence electrons. The summed E-state index contributed by atoms with van der Waals surface area (Å²) in [5.41, 5.74) is 2.47. The monoisotopic (exact) mass is 275 g/mol. The largest absolute Gasteiger partial charge is 0.326 e. The minimum absolute atomic E-state index is 0.102. The van der Waals surface area contributed by atoms with Crippen LogP contribution in [0.4, 0.5) is 10.8 Å². The average molecular weight is 275 g/mol. The van der Waals surface area contributed by atoms with Crippen molar-refractivity contribution in [2.24, 2.45) is 0 Å². The number of benzene rings is 1. The molecule has 19 heavy (non-hydrogen) atoms. The molecule has 2 aromatic rings. The summed E-state index contributed by atoms with van der Waals surface area (Å²) < 4.78 is 0. The number of carbonyl (C=O) groups excluding carboxylic acids is 2. The summed E-state index contributed by atoms with van der Waals surface area (Å²) >= 11 is 1.37. The van der Waals surface area contributed by atoms with Gasteiger partial charge < -0.3 is 10.6 Å². The molecule has 6 heteroatoms. The summed E-state index contributed by atoms with van der Waals surface area (Å²) in [6, 6.07) is 7.37. The van der Waals surface area contributed by atoms with Crippen LogP contribution in [0.2, 0.25) is 0 Å². The van der Waals surface area contributed by atoms with Crippen LogP contribution in [0.15, 0.2) is 29.6 Å². The maximum absolute atomic E-state index is 10.9. The van der Waals surface area contributed by atoms with Gasteiger partial charge in [0.1, 0.15) is 0 Å². The molecule has 0 aliphatic rings. The summed E-state index contributed by atoms with van der Waals surface area (Å²) in [5, 5.41) is 7.80. The van der Waals surface area contributed by atoms with Gasteiger partial charge in [-0.25, -0.2) is 4.98 Å². The van der Waals surface area contributed by atoms with E-state index < -0.39 is 0 Å². The number of thiazole rings is 1. The second-order valence-electron chi connectivity index (χ2n) is 3.98. The van der Waals surface area contributed by atoms with Crippen LogP contribution >= 0.6 is 11.3 Å². The fourth-order valence-electron chi connectivity index (χ4n) is 1.54. The normalized spacial score (nSPS) is 10.0. The van der Waals surface area contributed by atoms with Crippen molar-refractivity contribution in [3.05, 3.63) is 29.6 Å². The van der Waals surface area contributed by atoms with Gasteiger partial charge in [0.2, 0.25) is 11.8 Å². The van der Waals surface area contributed by atoms with E-state index in [0.29, 0.717) is 5.13 Å². The molecule has 2 amide bonds. The summed E-state index contributed by atoms with van der Waals surface area (Å²) in [6.45, 7) is 2.91. The highest BCUT2D eigenvalue weighted by Gasteiger charge is 2.05. The van der Waals surface area contributed by atoms with Crippen molar-refractivity contribution >= 4 is 34.0 Å². The quantitative estimate of drug-likeness (QED) is 0.904. The van der Waals surface area contributed by atoms with Crippen molar-refractivity contribution in [2.75, 3.05) is 10.6 Å². The fourth-order valence-corrected chi connectivity index (χ4v) is 2.31. The molecule has 0 aliphatic carbocycles. The Balaban J connectivity index is 2.15. The van der Waals surface area contributed by atoms with Gasteiger partial charge in [-0.3, -0.25) is 9.59 Å². The second kappa shape index (κ2) is 5.62. The second-order valence-corrected chi connectivity index (χ2v) is 4.84. The lowest BCUT2D eigenvalue weighted by Crippen LogP contribution is -2.05. The number of aromatic nitrogens is 1. The van der Waals surface area contributed by atoms with Gasteiger partial charge >= 0.3 is 0 Å². The molecule has 0 bridgehead atoms. The Morgan fingerprint density at radius 3 is 2.26 bits per heavy atom. The zero-order valence-electron chi connectivity index (χ0n) is 10.6.